The molecule has 0 spiro atoms. The van der Waals surface area contributed by atoms with Gasteiger partial charge in [-0.1, -0.05) is 30.3 Å². The molecule has 0 saturated carbocycles. The van der Waals surface area contributed by atoms with Crippen LogP contribution in [0.4, 0.5) is 0 Å². The zero-order valence-electron chi connectivity index (χ0n) is 25.3. The van der Waals surface area contributed by atoms with E-state index in [1.54, 1.807) is 30.3 Å². The van der Waals surface area contributed by atoms with Gasteiger partial charge in [0.15, 0.2) is 0 Å². The number of carbonyl (C=O) groups is 7. The van der Waals surface area contributed by atoms with Gasteiger partial charge in [0.05, 0.1) is 24.7 Å². The summed E-state index contributed by atoms with van der Waals surface area (Å²) in [6, 6.07) is 3.52. The van der Waals surface area contributed by atoms with E-state index in [0.717, 1.165) is 5.56 Å². The van der Waals surface area contributed by atoms with Crippen molar-refractivity contribution < 1.29 is 46.6 Å². The van der Waals surface area contributed by atoms with Crippen molar-refractivity contribution >= 4 is 41.3 Å². The molecule has 1 aromatic rings. The predicted molar refractivity (Wildman–Crippen MR) is 166 cm³/mol. The lowest BCUT2D eigenvalue weighted by molar-refractivity contribution is -0.137. The predicted octanol–water partition coefficient (Wildman–Crippen LogP) is -2.17. The van der Waals surface area contributed by atoms with Gasteiger partial charge in [-0.3, -0.25) is 38.9 Å². The Morgan fingerprint density at radius 1 is 0.800 bits per heavy atom. The van der Waals surface area contributed by atoms with Gasteiger partial charge in [0.25, 0.3) is 0 Å². The van der Waals surface area contributed by atoms with Crippen LogP contribution in [0.25, 0.3) is 0 Å². The molecule has 0 saturated heterocycles. The summed E-state index contributed by atoms with van der Waals surface area (Å²) >= 11 is 0. The summed E-state index contributed by atoms with van der Waals surface area (Å²) in [4.78, 5) is 83.6. The maximum absolute atomic E-state index is 12.6. The van der Waals surface area contributed by atoms with Crippen molar-refractivity contribution in [3.63, 3.8) is 0 Å². The number of nitrogens with two attached hydrogens (primary N) is 3. The van der Waals surface area contributed by atoms with E-state index < -0.39 is 66.4 Å². The molecule has 254 valence electrons. The van der Waals surface area contributed by atoms with E-state index in [4.69, 9.17) is 22.3 Å². The molecular weight excluding hydrogens is 590 g/mol. The first-order valence-electron chi connectivity index (χ1n) is 14.6. The van der Waals surface area contributed by atoms with Crippen LogP contribution in [0.15, 0.2) is 30.3 Å². The minimum atomic E-state index is -1.36. The number of amides is 5. The largest absolute Gasteiger partial charge is 0.481 e. The number of rotatable bonds is 23. The number of nitrogens with one attached hydrogen (secondary N) is 4. The lowest BCUT2D eigenvalue weighted by atomic mass is 10.0. The van der Waals surface area contributed by atoms with Crippen molar-refractivity contribution in [2.75, 3.05) is 13.2 Å². The van der Waals surface area contributed by atoms with Crippen LogP contribution < -0.4 is 38.5 Å². The second-order valence-corrected chi connectivity index (χ2v) is 10.6. The van der Waals surface area contributed by atoms with Crippen LogP contribution in [0, 0.1) is 0 Å². The Balaban J connectivity index is 0. The Morgan fingerprint density at radius 3 is 1.96 bits per heavy atom. The number of hydrogen-bond donors (Lipinski definition) is 9. The van der Waals surface area contributed by atoms with Crippen LogP contribution in [0.1, 0.15) is 60.3 Å². The molecule has 0 aliphatic rings. The standard InChI is InChI=1S/C29H45N7O9.2H2/c1-17(38)20(34-21(26(31)42)11-13-25(40)41)10-12-24(39)33-14-6-5-9-19(30)28(44)36-23(16-37)29(45)35-22(27(32)43)15-18-7-3-2-4-8-18;;/h2-4,7-8,19-23,34,37H,5-6,9-16,30H2,1H3,(H2,31,42)(H2,32,43)(H,33,39)(H,35,45)(H,36,44)(H,40,41);2*1H/t19?,20?,21-,22-,23-;;/m0../s1. The van der Waals surface area contributed by atoms with Crippen LogP contribution in [-0.4, -0.2) is 94.9 Å². The molecule has 2 unspecified atom stereocenters. The molecule has 5 amide bonds. The molecule has 0 bridgehead atoms. The first-order valence-corrected chi connectivity index (χ1v) is 14.6. The van der Waals surface area contributed by atoms with Crippen LogP contribution in [0.2, 0.25) is 0 Å². The van der Waals surface area contributed by atoms with Gasteiger partial charge in [-0.05, 0) is 44.6 Å². The average molecular weight is 640 g/mol. The average Bonchev–Trinajstić information content (AvgIpc) is 2.98. The molecule has 1 aromatic carbocycles. The first kappa shape index (κ1) is 38.6. The molecule has 0 aliphatic heterocycles. The number of aliphatic carboxylic acids is 1. The van der Waals surface area contributed by atoms with Gasteiger partial charge < -0.3 is 43.4 Å². The van der Waals surface area contributed by atoms with Crippen molar-refractivity contribution in [1.82, 2.24) is 21.3 Å². The summed E-state index contributed by atoms with van der Waals surface area (Å²) < 4.78 is 0. The van der Waals surface area contributed by atoms with E-state index in [2.05, 4.69) is 21.3 Å². The van der Waals surface area contributed by atoms with E-state index in [9.17, 15) is 38.7 Å². The molecule has 0 radical (unpaired) electrons. The van der Waals surface area contributed by atoms with Gasteiger partial charge in [0.1, 0.15) is 17.9 Å². The molecule has 0 heterocycles. The highest BCUT2D eigenvalue weighted by Crippen LogP contribution is 2.06. The summed E-state index contributed by atoms with van der Waals surface area (Å²) in [6.45, 7) is 0.799. The quantitative estimate of drug-likeness (QED) is 0.0581. The molecule has 0 fully saturated rings. The number of unbranched alkanes of at least 4 members (excludes halogenated alkanes) is 1. The Hall–Kier alpha value is -4.41. The van der Waals surface area contributed by atoms with E-state index in [0.29, 0.717) is 12.8 Å². The van der Waals surface area contributed by atoms with Crippen molar-refractivity contribution in [3.05, 3.63) is 35.9 Å². The van der Waals surface area contributed by atoms with Gasteiger partial charge in [-0.15, -0.1) is 0 Å². The minimum Gasteiger partial charge on any atom is -0.481 e. The highest BCUT2D eigenvalue weighted by Gasteiger charge is 2.27. The van der Waals surface area contributed by atoms with Crippen molar-refractivity contribution in [1.29, 1.82) is 0 Å². The van der Waals surface area contributed by atoms with Gasteiger partial charge in [0.2, 0.25) is 29.5 Å². The summed E-state index contributed by atoms with van der Waals surface area (Å²) in [5, 5.41) is 28.7. The molecular formula is C29H49N7O9. The smallest absolute Gasteiger partial charge is 0.303 e. The fourth-order valence-electron chi connectivity index (χ4n) is 4.25. The second kappa shape index (κ2) is 20.5. The number of Topliss-reactive ketones (excluding diaryl/α,β-unsaturated/α-hetero) is 1. The van der Waals surface area contributed by atoms with Gasteiger partial charge in [0, 0.05) is 28.7 Å². The number of carbonyl (C=O) groups excluding carboxylic acids is 6. The Kier molecular flexibility index (Phi) is 17.6. The topological polar surface area (TPSA) is 286 Å². The number of carboxylic acid groups (broad SMARTS) is 1. The van der Waals surface area contributed by atoms with E-state index >= 15 is 0 Å². The second-order valence-electron chi connectivity index (χ2n) is 10.6. The number of aliphatic hydroxyl groups is 1. The van der Waals surface area contributed by atoms with Crippen LogP contribution in [-0.2, 0) is 40.0 Å². The van der Waals surface area contributed by atoms with E-state index in [1.807, 2.05) is 0 Å². The number of benzene rings is 1. The normalized spacial score (nSPS) is 14.2. The monoisotopic (exact) mass is 639 g/mol. The molecule has 12 N–H and O–H groups in total. The molecule has 5 atom stereocenters. The maximum atomic E-state index is 12.6. The SMILES string of the molecule is CC(=O)C(CCC(=O)NCCCCC(N)C(=O)N[C@@H](CO)C(=O)N[C@@H](Cc1ccccc1)C(N)=O)N[C@@H](CCC(=O)O)C(N)=O.[HH].[HH]. The molecule has 0 aliphatic carbocycles. The lowest BCUT2D eigenvalue weighted by Gasteiger charge is -2.22. The number of primary amides is 2. The van der Waals surface area contributed by atoms with Crippen molar-refractivity contribution in [2.24, 2.45) is 17.2 Å². The Bertz CT molecular complexity index is 1180. The first-order chi connectivity index (χ1) is 21.2. The van der Waals surface area contributed by atoms with Crippen molar-refractivity contribution in [2.45, 2.75) is 88.5 Å². The number of ketones is 1. The zero-order valence-corrected chi connectivity index (χ0v) is 25.3. The highest BCUT2D eigenvalue weighted by atomic mass is 16.4. The van der Waals surface area contributed by atoms with Crippen LogP contribution in [0.3, 0.4) is 0 Å². The number of carboxylic acids is 1. The fraction of sp³-hybridized carbons (Fsp3) is 0.552. The fourth-order valence-corrected chi connectivity index (χ4v) is 4.25. The maximum Gasteiger partial charge on any atom is 0.303 e. The number of aliphatic hydroxyl groups excluding tert-OH is 1. The summed E-state index contributed by atoms with van der Waals surface area (Å²) in [6.07, 6.45) is 0.839. The summed E-state index contributed by atoms with van der Waals surface area (Å²) in [5.41, 5.74) is 17.4. The van der Waals surface area contributed by atoms with E-state index in [1.165, 1.54) is 6.92 Å². The third-order valence-electron chi connectivity index (χ3n) is 6.90. The molecule has 0 aromatic heterocycles. The molecule has 16 nitrogen and oxygen atoms in total. The molecule has 16 heteroatoms. The number of hydrogen-bond acceptors (Lipinski definition) is 10. The van der Waals surface area contributed by atoms with Gasteiger partial charge in [-0.25, -0.2) is 0 Å². The Labute approximate surface area is 264 Å². The summed E-state index contributed by atoms with van der Waals surface area (Å²) in [5.74, 6) is -4.87. The lowest BCUT2D eigenvalue weighted by Crippen LogP contribution is -2.57. The van der Waals surface area contributed by atoms with Gasteiger partial charge in [-0.2, -0.15) is 0 Å². The molecule has 1 rings (SSSR count). The summed E-state index contributed by atoms with van der Waals surface area (Å²) in [7, 11) is 0. The highest BCUT2D eigenvalue weighted by molar-refractivity contribution is 5.93. The van der Waals surface area contributed by atoms with E-state index in [-0.39, 0.29) is 59.6 Å². The minimum absolute atomic E-state index is 0. The van der Waals surface area contributed by atoms with Crippen LogP contribution >= 0.6 is 0 Å². The zero-order chi connectivity index (χ0) is 33.9. The van der Waals surface area contributed by atoms with Gasteiger partial charge >= 0.3 is 5.97 Å². The molecule has 45 heavy (non-hydrogen) atoms. The van der Waals surface area contributed by atoms with Crippen LogP contribution in [0.5, 0.6) is 0 Å². The third-order valence-corrected chi connectivity index (χ3v) is 6.90. The Morgan fingerprint density at radius 2 is 1.40 bits per heavy atom. The van der Waals surface area contributed by atoms with Crippen molar-refractivity contribution in [3.8, 4) is 0 Å². The third kappa shape index (κ3) is 15.8.